The summed E-state index contributed by atoms with van der Waals surface area (Å²) in [5, 5.41) is 9.86. The number of anilines is 1. The molecule has 1 atom stereocenters. The molecular formula is C17H20N4O. The fourth-order valence-corrected chi connectivity index (χ4v) is 3.10. The second kappa shape index (κ2) is 5.65. The Hall–Kier alpha value is -2.01. The van der Waals surface area contributed by atoms with Crippen LogP contribution in [0.3, 0.4) is 0 Å². The highest BCUT2D eigenvalue weighted by molar-refractivity contribution is 5.66. The van der Waals surface area contributed by atoms with Crippen molar-refractivity contribution in [2.24, 2.45) is 0 Å². The zero-order chi connectivity index (χ0) is 14.9. The van der Waals surface area contributed by atoms with Crippen LogP contribution in [0.5, 0.6) is 0 Å². The highest BCUT2D eigenvalue weighted by Gasteiger charge is 2.30. The Morgan fingerprint density at radius 2 is 1.95 bits per heavy atom. The molecule has 1 aliphatic heterocycles. The van der Waals surface area contributed by atoms with Gasteiger partial charge in [0.25, 0.3) is 0 Å². The molecule has 0 bridgehead atoms. The highest BCUT2D eigenvalue weighted by atomic mass is 16.3. The van der Waals surface area contributed by atoms with Gasteiger partial charge in [-0.15, -0.1) is 0 Å². The van der Waals surface area contributed by atoms with Gasteiger partial charge >= 0.3 is 0 Å². The van der Waals surface area contributed by atoms with Crippen LogP contribution >= 0.6 is 0 Å². The minimum Gasteiger partial charge on any atom is -0.391 e. The topological polar surface area (TPSA) is 62.1 Å². The second-order valence-corrected chi connectivity index (χ2v) is 6.22. The van der Waals surface area contributed by atoms with Crippen LogP contribution in [0.1, 0.15) is 37.3 Å². The first-order valence-corrected chi connectivity index (χ1v) is 8.01. The normalized spacial score (nSPS) is 21.9. The lowest BCUT2D eigenvalue weighted by Crippen LogP contribution is -2.39. The molecule has 1 aliphatic carbocycles. The fourth-order valence-electron chi connectivity index (χ4n) is 3.10. The van der Waals surface area contributed by atoms with Crippen LogP contribution in [0.15, 0.2) is 30.7 Å². The lowest BCUT2D eigenvalue weighted by atomic mass is 10.0. The molecule has 5 nitrogen and oxygen atoms in total. The molecule has 2 aliphatic rings. The minimum absolute atomic E-state index is 0.262. The molecule has 3 heterocycles. The SMILES string of the molecule is OC1CCCN(c2ncc(-c3ccncc3)c(C3CC3)n2)C1. The lowest BCUT2D eigenvalue weighted by molar-refractivity contribution is 0.153. The number of pyridine rings is 1. The van der Waals surface area contributed by atoms with Crippen molar-refractivity contribution in [1.29, 1.82) is 0 Å². The maximum Gasteiger partial charge on any atom is 0.225 e. The average Bonchev–Trinajstić information content (AvgIpc) is 3.40. The summed E-state index contributed by atoms with van der Waals surface area (Å²) in [4.78, 5) is 15.6. The van der Waals surface area contributed by atoms with Crippen molar-refractivity contribution >= 4 is 5.95 Å². The predicted octanol–water partition coefficient (Wildman–Crippen LogP) is 2.38. The molecule has 0 spiro atoms. The third kappa shape index (κ3) is 2.68. The van der Waals surface area contributed by atoms with E-state index in [1.54, 1.807) is 12.4 Å². The lowest BCUT2D eigenvalue weighted by Gasteiger charge is -2.30. The largest absolute Gasteiger partial charge is 0.391 e. The van der Waals surface area contributed by atoms with E-state index in [9.17, 15) is 5.11 Å². The van der Waals surface area contributed by atoms with Crippen LogP contribution in [0.25, 0.3) is 11.1 Å². The number of hydrogen-bond donors (Lipinski definition) is 1. The number of hydrogen-bond acceptors (Lipinski definition) is 5. The van der Waals surface area contributed by atoms with Gasteiger partial charge in [-0.2, -0.15) is 0 Å². The summed E-state index contributed by atoms with van der Waals surface area (Å²) in [7, 11) is 0. The first kappa shape index (κ1) is 13.6. The van der Waals surface area contributed by atoms with Gasteiger partial charge in [0, 0.05) is 43.2 Å². The first-order valence-electron chi connectivity index (χ1n) is 8.01. The van der Waals surface area contributed by atoms with Crippen LogP contribution in [-0.2, 0) is 0 Å². The fraction of sp³-hybridized carbons (Fsp3) is 0.471. The number of aliphatic hydroxyl groups is 1. The zero-order valence-electron chi connectivity index (χ0n) is 12.5. The minimum atomic E-state index is -0.262. The van der Waals surface area contributed by atoms with Gasteiger partial charge in [-0.25, -0.2) is 9.97 Å². The molecule has 1 saturated carbocycles. The molecule has 114 valence electrons. The molecule has 0 aromatic carbocycles. The van der Waals surface area contributed by atoms with Crippen molar-refractivity contribution < 1.29 is 5.11 Å². The van der Waals surface area contributed by atoms with E-state index in [2.05, 4.69) is 14.9 Å². The quantitative estimate of drug-likeness (QED) is 0.942. The monoisotopic (exact) mass is 296 g/mol. The van der Waals surface area contributed by atoms with Gasteiger partial charge in [-0.05, 0) is 43.4 Å². The van der Waals surface area contributed by atoms with Gasteiger partial charge in [0.2, 0.25) is 5.95 Å². The molecule has 1 unspecified atom stereocenters. The molecule has 0 amide bonds. The molecule has 1 N–H and O–H groups in total. The summed E-state index contributed by atoms with van der Waals surface area (Å²) < 4.78 is 0. The van der Waals surface area contributed by atoms with Crippen LogP contribution in [0.2, 0.25) is 0 Å². The Balaban J connectivity index is 1.70. The van der Waals surface area contributed by atoms with E-state index in [-0.39, 0.29) is 6.10 Å². The van der Waals surface area contributed by atoms with E-state index in [1.165, 1.54) is 12.8 Å². The number of aliphatic hydroxyl groups excluding tert-OH is 1. The molecule has 5 heteroatoms. The Morgan fingerprint density at radius 1 is 1.14 bits per heavy atom. The average molecular weight is 296 g/mol. The summed E-state index contributed by atoms with van der Waals surface area (Å²) in [6.45, 7) is 1.56. The van der Waals surface area contributed by atoms with E-state index in [0.29, 0.717) is 12.5 Å². The predicted molar refractivity (Wildman–Crippen MR) is 84.7 cm³/mol. The van der Waals surface area contributed by atoms with Crippen LogP contribution in [-0.4, -0.2) is 39.3 Å². The maximum absolute atomic E-state index is 9.86. The van der Waals surface area contributed by atoms with Gasteiger partial charge in [-0.3, -0.25) is 4.98 Å². The number of rotatable bonds is 3. The summed E-state index contributed by atoms with van der Waals surface area (Å²) in [6.07, 6.45) is 9.57. The molecule has 1 saturated heterocycles. The summed E-state index contributed by atoms with van der Waals surface area (Å²) in [6, 6.07) is 4.02. The molecule has 22 heavy (non-hydrogen) atoms. The molecule has 2 fully saturated rings. The van der Waals surface area contributed by atoms with Crippen molar-refractivity contribution in [3.05, 3.63) is 36.4 Å². The van der Waals surface area contributed by atoms with E-state index >= 15 is 0 Å². The van der Waals surface area contributed by atoms with Gasteiger partial charge < -0.3 is 10.0 Å². The third-order valence-electron chi connectivity index (χ3n) is 4.44. The van der Waals surface area contributed by atoms with Crippen molar-refractivity contribution in [3.8, 4) is 11.1 Å². The smallest absolute Gasteiger partial charge is 0.225 e. The van der Waals surface area contributed by atoms with Crippen LogP contribution in [0.4, 0.5) is 5.95 Å². The van der Waals surface area contributed by atoms with E-state index < -0.39 is 0 Å². The Bertz CT molecular complexity index is 657. The Kier molecular flexibility index (Phi) is 3.50. The van der Waals surface area contributed by atoms with Crippen LogP contribution < -0.4 is 4.90 Å². The number of nitrogens with zero attached hydrogens (tertiary/aromatic N) is 4. The third-order valence-corrected chi connectivity index (χ3v) is 4.44. The number of piperidine rings is 1. The summed E-state index contributed by atoms with van der Waals surface area (Å²) in [5.74, 6) is 1.32. The standard InChI is InChI=1S/C17H20N4O/c22-14-2-1-9-21(11-14)17-19-10-15(12-5-7-18-8-6-12)16(20-17)13-3-4-13/h5-8,10,13-14,22H,1-4,9,11H2. The van der Waals surface area contributed by atoms with E-state index in [0.717, 1.165) is 42.2 Å². The molecule has 2 aromatic rings. The zero-order valence-corrected chi connectivity index (χ0v) is 12.5. The van der Waals surface area contributed by atoms with Gasteiger partial charge in [0.1, 0.15) is 0 Å². The van der Waals surface area contributed by atoms with Crippen molar-refractivity contribution in [1.82, 2.24) is 15.0 Å². The van der Waals surface area contributed by atoms with E-state index in [1.807, 2.05) is 18.3 Å². The molecule has 2 aromatic heterocycles. The Labute approximate surface area is 130 Å². The molecular weight excluding hydrogens is 276 g/mol. The van der Waals surface area contributed by atoms with Crippen LogP contribution in [0, 0.1) is 0 Å². The summed E-state index contributed by atoms with van der Waals surface area (Å²) >= 11 is 0. The molecule has 0 radical (unpaired) electrons. The molecule has 4 rings (SSSR count). The number of β-amino-alcohol motifs (C(OH)–C–C–N with tert-alkyl or cyclic N) is 1. The van der Waals surface area contributed by atoms with Crippen molar-refractivity contribution in [2.75, 3.05) is 18.0 Å². The highest BCUT2D eigenvalue weighted by Crippen LogP contribution is 2.43. The van der Waals surface area contributed by atoms with Gasteiger partial charge in [-0.1, -0.05) is 0 Å². The second-order valence-electron chi connectivity index (χ2n) is 6.22. The Morgan fingerprint density at radius 3 is 2.68 bits per heavy atom. The first-order chi connectivity index (χ1) is 10.8. The van der Waals surface area contributed by atoms with E-state index in [4.69, 9.17) is 4.98 Å². The van der Waals surface area contributed by atoms with Crippen molar-refractivity contribution in [2.45, 2.75) is 37.7 Å². The number of aromatic nitrogens is 3. The van der Waals surface area contributed by atoms with Crippen molar-refractivity contribution in [3.63, 3.8) is 0 Å². The van der Waals surface area contributed by atoms with Gasteiger partial charge in [0.05, 0.1) is 11.8 Å². The summed E-state index contributed by atoms with van der Waals surface area (Å²) in [5.41, 5.74) is 3.39. The van der Waals surface area contributed by atoms with Gasteiger partial charge in [0.15, 0.2) is 0 Å². The maximum atomic E-state index is 9.86.